The Morgan fingerprint density at radius 2 is 1.94 bits per heavy atom. The summed E-state index contributed by atoms with van der Waals surface area (Å²) >= 11 is 1.64. The van der Waals surface area contributed by atoms with Gasteiger partial charge >= 0.3 is 0 Å². The third-order valence-corrected chi connectivity index (χ3v) is 3.79. The normalized spacial score (nSPS) is 10.4. The number of carbonyl (C=O) groups excluding carboxylic acids is 1. The minimum absolute atomic E-state index is 0.0946. The molecule has 1 heterocycles. The van der Waals surface area contributed by atoms with Gasteiger partial charge in [-0.25, -0.2) is 4.39 Å². The summed E-state index contributed by atoms with van der Waals surface area (Å²) in [5, 5.41) is 2.01. The van der Waals surface area contributed by atoms with Crippen LogP contribution in [0.25, 0.3) is 0 Å². The number of carbonyl (C=O) groups is 1. The molecule has 0 atom stereocenters. The van der Waals surface area contributed by atoms with Crippen LogP contribution in [0.1, 0.15) is 20.8 Å². The number of aryl methyl sites for hydroxylation is 1. The van der Waals surface area contributed by atoms with E-state index in [-0.39, 0.29) is 11.7 Å². The fourth-order valence-electron chi connectivity index (χ4n) is 1.67. The molecule has 0 fully saturated rings. The smallest absolute Gasteiger partial charge is 0.253 e. The molecule has 1 aromatic carbocycles. The minimum Gasteiger partial charge on any atom is -0.337 e. The van der Waals surface area contributed by atoms with E-state index in [1.54, 1.807) is 23.3 Å². The Hall–Kier alpha value is -1.68. The van der Waals surface area contributed by atoms with Crippen molar-refractivity contribution in [2.75, 3.05) is 7.05 Å². The topological polar surface area (TPSA) is 20.3 Å². The molecule has 18 heavy (non-hydrogen) atoms. The summed E-state index contributed by atoms with van der Waals surface area (Å²) in [6, 6.07) is 7.66. The number of thiophene rings is 1. The van der Waals surface area contributed by atoms with E-state index in [9.17, 15) is 9.18 Å². The van der Waals surface area contributed by atoms with Crippen molar-refractivity contribution in [1.82, 2.24) is 4.90 Å². The molecule has 0 spiro atoms. The summed E-state index contributed by atoms with van der Waals surface area (Å²) in [7, 11) is 1.75. The molecule has 0 saturated heterocycles. The highest BCUT2D eigenvalue weighted by atomic mass is 32.1. The first-order valence-electron chi connectivity index (χ1n) is 5.62. The average molecular weight is 263 g/mol. The Morgan fingerprint density at radius 3 is 2.50 bits per heavy atom. The van der Waals surface area contributed by atoms with Crippen molar-refractivity contribution in [3.8, 4) is 0 Å². The first kappa shape index (κ1) is 12.8. The summed E-state index contributed by atoms with van der Waals surface area (Å²) in [6.45, 7) is 2.61. The molecule has 0 radical (unpaired) electrons. The molecule has 0 saturated carbocycles. The maximum Gasteiger partial charge on any atom is 0.253 e. The Kier molecular flexibility index (Phi) is 3.77. The molecule has 2 aromatic rings. The van der Waals surface area contributed by atoms with Crippen LogP contribution in [0, 0.1) is 12.7 Å². The third kappa shape index (κ3) is 2.76. The Morgan fingerprint density at radius 1 is 1.28 bits per heavy atom. The zero-order chi connectivity index (χ0) is 13.1. The van der Waals surface area contributed by atoms with Gasteiger partial charge in [0, 0.05) is 17.5 Å². The van der Waals surface area contributed by atoms with E-state index in [4.69, 9.17) is 0 Å². The van der Waals surface area contributed by atoms with Crippen LogP contribution in [-0.4, -0.2) is 17.9 Å². The van der Waals surface area contributed by atoms with Crippen molar-refractivity contribution in [1.29, 1.82) is 0 Å². The highest BCUT2D eigenvalue weighted by Crippen LogP contribution is 2.18. The van der Waals surface area contributed by atoms with Gasteiger partial charge in [0.2, 0.25) is 0 Å². The van der Waals surface area contributed by atoms with E-state index in [0.29, 0.717) is 12.1 Å². The number of hydrogen-bond acceptors (Lipinski definition) is 2. The third-order valence-electron chi connectivity index (χ3n) is 2.79. The van der Waals surface area contributed by atoms with Crippen LogP contribution in [0.2, 0.25) is 0 Å². The minimum atomic E-state index is -0.330. The molecular formula is C14H14FNOS. The molecule has 0 unspecified atom stereocenters. The highest BCUT2D eigenvalue weighted by Gasteiger charge is 2.13. The molecule has 0 bridgehead atoms. The van der Waals surface area contributed by atoms with Gasteiger partial charge in [-0.3, -0.25) is 4.79 Å². The fraction of sp³-hybridized carbons (Fsp3) is 0.214. The first-order valence-corrected chi connectivity index (χ1v) is 6.50. The van der Waals surface area contributed by atoms with Gasteiger partial charge < -0.3 is 4.90 Å². The van der Waals surface area contributed by atoms with E-state index < -0.39 is 0 Å². The molecule has 0 aliphatic rings. The highest BCUT2D eigenvalue weighted by molar-refractivity contribution is 7.10. The van der Waals surface area contributed by atoms with Gasteiger partial charge in [0.1, 0.15) is 5.82 Å². The van der Waals surface area contributed by atoms with Gasteiger partial charge in [-0.15, -0.1) is 11.3 Å². The summed E-state index contributed by atoms with van der Waals surface area (Å²) < 4.78 is 12.8. The second kappa shape index (κ2) is 5.31. The Balaban J connectivity index is 2.09. The monoisotopic (exact) mass is 263 g/mol. The lowest BCUT2D eigenvalue weighted by Gasteiger charge is -2.16. The molecule has 1 aromatic heterocycles. The molecule has 0 N–H and O–H groups in total. The standard InChI is InChI=1S/C14H14FNOS/c1-10-7-8-18-13(10)9-16(2)14(17)11-3-5-12(15)6-4-11/h3-8H,9H2,1-2H3. The van der Waals surface area contributed by atoms with Gasteiger partial charge in [0.25, 0.3) is 5.91 Å². The first-order chi connectivity index (χ1) is 8.58. The van der Waals surface area contributed by atoms with Crippen LogP contribution in [0.15, 0.2) is 35.7 Å². The number of benzene rings is 1. The SMILES string of the molecule is Cc1ccsc1CN(C)C(=O)c1ccc(F)cc1. The maximum absolute atomic E-state index is 12.8. The van der Waals surface area contributed by atoms with Crippen LogP contribution < -0.4 is 0 Å². The number of halogens is 1. The lowest BCUT2D eigenvalue weighted by Crippen LogP contribution is -2.26. The molecule has 94 valence electrons. The van der Waals surface area contributed by atoms with E-state index in [1.165, 1.54) is 34.7 Å². The number of rotatable bonds is 3. The summed E-state index contributed by atoms with van der Waals surface area (Å²) in [4.78, 5) is 14.9. The van der Waals surface area contributed by atoms with Crippen molar-refractivity contribution in [2.24, 2.45) is 0 Å². The quantitative estimate of drug-likeness (QED) is 0.830. The lowest BCUT2D eigenvalue weighted by atomic mass is 10.2. The fourth-order valence-corrected chi connectivity index (χ4v) is 2.62. The van der Waals surface area contributed by atoms with Crippen molar-refractivity contribution >= 4 is 17.2 Å². The van der Waals surface area contributed by atoms with E-state index in [1.807, 2.05) is 18.4 Å². The predicted octanol–water partition coefficient (Wildman–Crippen LogP) is 3.47. The maximum atomic E-state index is 12.8. The number of hydrogen-bond donors (Lipinski definition) is 0. The van der Waals surface area contributed by atoms with E-state index in [2.05, 4.69) is 0 Å². The van der Waals surface area contributed by atoms with Crippen molar-refractivity contribution in [3.05, 3.63) is 57.5 Å². The second-order valence-corrected chi connectivity index (χ2v) is 5.20. The Labute approximate surface area is 110 Å². The van der Waals surface area contributed by atoms with Gasteiger partial charge in [-0.2, -0.15) is 0 Å². The molecule has 1 amide bonds. The van der Waals surface area contributed by atoms with Gasteiger partial charge in [0.15, 0.2) is 0 Å². The van der Waals surface area contributed by atoms with Crippen LogP contribution in [0.5, 0.6) is 0 Å². The Bertz CT molecular complexity index is 547. The summed E-state index contributed by atoms with van der Waals surface area (Å²) in [6.07, 6.45) is 0. The number of amides is 1. The second-order valence-electron chi connectivity index (χ2n) is 4.19. The van der Waals surface area contributed by atoms with Crippen molar-refractivity contribution in [2.45, 2.75) is 13.5 Å². The predicted molar refractivity (Wildman–Crippen MR) is 71.3 cm³/mol. The van der Waals surface area contributed by atoms with E-state index >= 15 is 0 Å². The number of nitrogens with zero attached hydrogens (tertiary/aromatic N) is 1. The zero-order valence-corrected chi connectivity index (χ0v) is 11.1. The molecule has 0 aliphatic heterocycles. The van der Waals surface area contributed by atoms with Gasteiger partial charge in [-0.05, 0) is 48.2 Å². The average Bonchev–Trinajstić information content (AvgIpc) is 2.75. The molecule has 0 aliphatic carbocycles. The zero-order valence-electron chi connectivity index (χ0n) is 10.3. The molecular weight excluding hydrogens is 249 g/mol. The van der Waals surface area contributed by atoms with Gasteiger partial charge in [0.05, 0.1) is 6.54 Å². The molecule has 4 heteroatoms. The van der Waals surface area contributed by atoms with Crippen LogP contribution in [0.3, 0.4) is 0 Å². The summed E-state index contributed by atoms with van der Waals surface area (Å²) in [5.74, 6) is -0.425. The van der Waals surface area contributed by atoms with Crippen LogP contribution >= 0.6 is 11.3 Å². The molecule has 2 nitrogen and oxygen atoms in total. The lowest BCUT2D eigenvalue weighted by molar-refractivity contribution is 0.0786. The largest absolute Gasteiger partial charge is 0.337 e. The van der Waals surface area contributed by atoms with Crippen LogP contribution in [0.4, 0.5) is 4.39 Å². The van der Waals surface area contributed by atoms with Crippen LogP contribution in [-0.2, 0) is 6.54 Å². The van der Waals surface area contributed by atoms with E-state index in [0.717, 1.165) is 0 Å². The summed E-state index contributed by atoms with van der Waals surface area (Å²) in [5.41, 5.74) is 1.70. The molecule has 2 rings (SSSR count). The van der Waals surface area contributed by atoms with Crippen molar-refractivity contribution < 1.29 is 9.18 Å². The van der Waals surface area contributed by atoms with Crippen molar-refractivity contribution in [3.63, 3.8) is 0 Å². The van der Waals surface area contributed by atoms with Gasteiger partial charge in [-0.1, -0.05) is 0 Å².